The van der Waals surface area contributed by atoms with Gasteiger partial charge in [0.25, 0.3) is 5.91 Å². The number of thiazole rings is 1. The molecule has 1 aromatic carbocycles. The molecule has 3 aromatic rings. The number of anilines is 2. The summed E-state index contributed by atoms with van der Waals surface area (Å²) in [6.07, 6.45) is 2.85. The number of carbonyl (C=O) groups is 1. The lowest BCUT2D eigenvalue weighted by Crippen LogP contribution is -2.10. The minimum atomic E-state index is -0.239. The maximum absolute atomic E-state index is 11.8. The van der Waals surface area contributed by atoms with Gasteiger partial charge >= 0.3 is 0 Å². The molecular formula is C14H11N3O2S. The van der Waals surface area contributed by atoms with Crippen LogP contribution in [0, 0.1) is 0 Å². The third kappa shape index (κ3) is 2.55. The number of carbonyl (C=O) groups excluding carboxylic acids is 1. The lowest BCUT2D eigenvalue weighted by atomic mass is 10.1. The summed E-state index contributed by atoms with van der Waals surface area (Å²) in [6.45, 7) is 0. The van der Waals surface area contributed by atoms with Crippen molar-refractivity contribution in [3.05, 3.63) is 53.8 Å². The highest BCUT2D eigenvalue weighted by Crippen LogP contribution is 2.25. The summed E-state index contributed by atoms with van der Waals surface area (Å²) in [7, 11) is 0. The van der Waals surface area contributed by atoms with Gasteiger partial charge < -0.3 is 10.2 Å². The maximum atomic E-state index is 11.8. The summed E-state index contributed by atoms with van der Waals surface area (Å²) in [5, 5.41) is 5.16. The molecule has 0 saturated carbocycles. The van der Waals surface area contributed by atoms with Crippen molar-refractivity contribution in [3.8, 4) is 11.3 Å². The summed E-state index contributed by atoms with van der Waals surface area (Å²) in [4.78, 5) is 16.2. The maximum Gasteiger partial charge on any atom is 0.260 e. The molecule has 0 unspecified atom stereocenters. The van der Waals surface area contributed by atoms with Crippen molar-refractivity contribution in [1.29, 1.82) is 0 Å². The first-order chi connectivity index (χ1) is 9.72. The van der Waals surface area contributed by atoms with Gasteiger partial charge in [0.2, 0.25) is 0 Å². The number of nitrogens with zero attached hydrogens (tertiary/aromatic N) is 1. The summed E-state index contributed by atoms with van der Waals surface area (Å²) < 4.78 is 4.87. The van der Waals surface area contributed by atoms with Crippen LogP contribution in [0.1, 0.15) is 10.4 Å². The van der Waals surface area contributed by atoms with E-state index in [0.29, 0.717) is 16.4 Å². The number of nitrogen functional groups attached to an aromatic ring is 1. The fraction of sp³-hybridized carbons (Fsp3) is 0. The molecule has 20 heavy (non-hydrogen) atoms. The molecule has 0 saturated heterocycles. The largest absolute Gasteiger partial charge is 0.472 e. The van der Waals surface area contributed by atoms with Gasteiger partial charge in [-0.2, -0.15) is 0 Å². The van der Waals surface area contributed by atoms with Crippen molar-refractivity contribution in [3.63, 3.8) is 0 Å². The van der Waals surface area contributed by atoms with Crippen molar-refractivity contribution in [1.82, 2.24) is 4.98 Å². The van der Waals surface area contributed by atoms with E-state index in [4.69, 9.17) is 10.2 Å². The molecule has 2 heterocycles. The molecule has 3 N–H and O–H groups in total. The van der Waals surface area contributed by atoms with Gasteiger partial charge in [0, 0.05) is 16.6 Å². The summed E-state index contributed by atoms with van der Waals surface area (Å²) in [5.74, 6) is -0.239. The Labute approximate surface area is 119 Å². The van der Waals surface area contributed by atoms with Crippen LogP contribution < -0.4 is 11.1 Å². The van der Waals surface area contributed by atoms with Gasteiger partial charge in [0.15, 0.2) is 5.13 Å². The van der Waals surface area contributed by atoms with Crippen molar-refractivity contribution < 1.29 is 9.21 Å². The van der Waals surface area contributed by atoms with Crippen LogP contribution in [0.5, 0.6) is 0 Å². The molecule has 100 valence electrons. The third-order valence-corrected chi connectivity index (χ3v) is 3.47. The topological polar surface area (TPSA) is 81.1 Å². The van der Waals surface area contributed by atoms with E-state index in [1.54, 1.807) is 6.07 Å². The molecule has 0 spiro atoms. The molecular weight excluding hydrogens is 274 g/mol. The Hall–Kier alpha value is -2.60. The first-order valence-electron chi connectivity index (χ1n) is 5.87. The number of rotatable bonds is 3. The van der Waals surface area contributed by atoms with E-state index in [1.165, 1.54) is 23.9 Å². The molecule has 0 atom stereocenters. The van der Waals surface area contributed by atoms with Gasteiger partial charge in [-0.15, -0.1) is 11.3 Å². The molecule has 0 aliphatic heterocycles. The van der Waals surface area contributed by atoms with Crippen LogP contribution in [-0.2, 0) is 0 Å². The molecule has 0 fully saturated rings. The van der Waals surface area contributed by atoms with Crippen molar-refractivity contribution in [2.75, 3.05) is 11.1 Å². The van der Waals surface area contributed by atoms with Gasteiger partial charge in [-0.1, -0.05) is 12.1 Å². The molecule has 0 aliphatic carbocycles. The molecule has 5 nitrogen and oxygen atoms in total. The molecule has 3 rings (SSSR count). The van der Waals surface area contributed by atoms with Crippen LogP contribution in [-0.4, -0.2) is 10.9 Å². The number of hydrogen-bond donors (Lipinski definition) is 2. The van der Waals surface area contributed by atoms with Crippen molar-refractivity contribution in [2.45, 2.75) is 0 Å². The Kier molecular flexibility index (Phi) is 3.22. The number of benzene rings is 1. The summed E-state index contributed by atoms with van der Waals surface area (Å²) >= 11 is 1.37. The second kappa shape index (κ2) is 5.18. The first-order valence-corrected chi connectivity index (χ1v) is 6.75. The van der Waals surface area contributed by atoms with Crippen LogP contribution in [0.15, 0.2) is 52.7 Å². The van der Waals surface area contributed by atoms with Crippen LogP contribution in [0.2, 0.25) is 0 Å². The average Bonchev–Trinajstić information content (AvgIpc) is 3.10. The summed E-state index contributed by atoms with van der Waals surface area (Å²) in [6, 6.07) is 9.03. The van der Waals surface area contributed by atoms with E-state index in [-0.39, 0.29) is 5.91 Å². The zero-order valence-electron chi connectivity index (χ0n) is 10.4. The van der Waals surface area contributed by atoms with Gasteiger partial charge in [0.05, 0.1) is 17.5 Å². The molecule has 0 aliphatic rings. The third-order valence-electron chi connectivity index (χ3n) is 2.71. The molecule has 2 aromatic heterocycles. The molecule has 0 radical (unpaired) electrons. The van der Waals surface area contributed by atoms with Crippen molar-refractivity contribution in [2.24, 2.45) is 0 Å². The number of nitrogens with one attached hydrogen (secondary N) is 1. The number of hydrogen-bond acceptors (Lipinski definition) is 5. The summed E-state index contributed by atoms with van der Waals surface area (Å²) in [5.41, 5.74) is 8.58. The van der Waals surface area contributed by atoms with E-state index < -0.39 is 0 Å². The SMILES string of the molecule is Nc1ccc(-c2csc(NC(=O)c3ccoc3)n2)cc1. The van der Waals surface area contributed by atoms with E-state index >= 15 is 0 Å². The Morgan fingerprint density at radius 3 is 2.75 bits per heavy atom. The normalized spacial score (nSPS) is 10.4. The van der Waals surface area contributed by atoms with Crippen LogP contribution in [0.4, 0.5) is 10.8 Å². The first kappa shape index (κ1) is 12.4. The average molecular weight is 285 g/mol. The van der Waals surface area contributed by atoms with Crippen LogP contribution >= 0.6 is 11.3 Å². The monoisotopic (exact) mass is 285 g/mol. The Bertz CT molecular complexity index is 717. The quantitative estimate of drug-likeness (QED) is 0.724. The highest BCUT2D eigenvalue weighted by atomic mass is 32.1. The lowest BCUT2D eigenvalue weighted by Gasteiger charge is -1.99. The fourth-order valence-corrected chi connectivity index (χ4v) is 2.40. The van der Waals surface area contributed by atoms with Gasteiger partial charge in [-0.25, -0.2) is 4.98 Å². The standard InChI is InChI=1S/C14H11N3O2S/c15-11-3-1-9(2-4-11)12-8-20-14(16-12)17-13(18)10-5-6-19-7-10/h1-8H,15H2,(H,16,17,18). The Morgan fingerprint density at radius 1 is 1.25 bits per heavy atom. The minimum absolute atomic E-state index is 0.239. The predicted molar refractivity (Wildman–Crippen MR) is 78.6 cm³/mol. The second-order valence-electron chi connectivity index (χ2n) is 4.13. The van der Waals surface area contributed by atoms with E-state index in [2.05, 4.69) is 10.3 Å². The minimum Gasteiger partial charge on any atom is -0.472 e. The van der Waals surface area contributed by atoms with Crippen LogP contribution in [0.3, 0.4) is 0 Å². The van der Waals surface area contributed by atoms with E-state index in [0.717, 1.165) is 11.3 Å². The molecule has 0 bridgehead atoms. The Balaban J connectivity index is 1.77. The van der Waals surface area contributed by atoms with Gasteiger partial charge in [0.1, 0.15) is 6.26 Å². The zero-order valence-corrected chi connectivity index (χ0v) is 11.2. The highest BCUT2D eigenvalue weighted by molar-refractivity contribution is 7.14. The van der Waals surface area contributed by atoms with Gasteiger partial charge in [-0.05, 0) is 18.2 Å². The fourth-order valence-electron chi connectivity index (χ4n) is 1.68. The smallest absolute Gasteiger partial charge is 0.260 e. The second-order valence-corrected chi connectivity index (χ2v) is 4.98. The van der Waals surface area contributed by atoms with Crippen LogP contribution in [0.25, 0.3) is 11.3 Å². The number of nitrogens with two attached hydrogens (primary N) is 1. The highest BCUT2D eigenvalue weighted by Gasteiger charge is 2.10. The number of aromatic nitrogens is 1. The van der Waals surface area contributed by atoms with E-state index in [9.17, 15) is 4.79 Å². The lowest BCUT2D eigenvalue weighted by molar-refractivity contribution is 0.102. The molecule has 6 heteroatoms. The number of amides is 1. The zero-order chi connectivity index (χ0) is 13.9. The van der Waals surface area contributed by atoms with Crippen molar-refractivity contribution >= 4 is 28.1 Å². The van der Waals surface area contributed by atoms with Gasteiger partial charge in [-0.3, -0.25) is 10.1 Å². The van der Waals surface area contributed by atoms with E-state index in [1.807, 2.05) is 29.6 Å². The number of furan rings is 1. The molecule has 1 amide bonds. The predicted octanol–water partition coefficient (Wildman–Crippen LogP) is 3.24. The Morgan fingerprint density at radius 2 is 2.05 bits per heavy atom.